The topological polar surface area (TPSA) is 203 Å². The quantitative estimate of drug-likeness (QED) is 0.165. The summed E-state index contributed by atoms with van der Waals surface area (Å²) in [5, 5.41) is 12.3. The van der Waals surface area contributed by atoms with E-state index in [4.69, 9.17) is 4.52 Å². The third-order valence-electron chi connectivity index (χ3n) is 7.83. The number of amides is 1. The van der Waals surface area contributed by atoms with Crippen molar-refractivity contribution in [2.45, 2.75) is 39.7 Å². The molecule has 13 nitrogen and oxygen atoms in total. The largest absolute Gasteiger partial charge is 0.728 e. The maximum absolute atomic E-state index is 14.0. The number of carbonyl (C=O) groups is 1. The van der Waals surface area contributed by atoms with Crippen LogP contribution < -0.4 is 32.1 Å². The van der Waals surface area contributed by atoms with Gasteiger partial charge >= 0.3 is 7.75 Å². The van der Waals surface area contributed by atoms with E-state index < -0.39 is 14.4 Å². The molecule has 1 atom stereocenters. The van der Waals surface area contributed by atoms with Crippen molar-refractivity contribution in [3.8, 4) is 11.1 Å². The molecule has 8 N–H and O–H groups in total. The van der Waals surface area contributed by atoms with E-state index in [1.807, 2.05) is 0 Å². The van der Waals surface area contributed by atoms with E-state index >= 15 is 0 Å². The Morgan fingerprint density at radius 3 is 2.75 bits per heavy atom. The number of hydrogen-bond acceptors (Lipinski definition) is 10. The van der Waals surface area contributed by atoms with Crippen molar-refractivity contribution in [1.82, 2.24) is 20.7 Å². The second-order valence-corrected chi connectivity index (χ2v) is 14.2. The zero-order chi connectivity index (χ0) is 30.5. The average Bonchev–Trinajstić information content (AvgIpc) is 3.47. The standard InChI is InChI=1S/C29H31N6O6PS.H3N/c1-29(2)12-20-19-8-10-35(28(37)26(19)43-24(20)13-29)23-6-4-5-18(21(23)15-41-42(39,40)33-38)17-11-22(27(36)34(3)14-17)32-25-7-9-30-16-31-25;/h4-7,9,11,14,16,38H,8,10,12-13,15H2,1-3H3,(H,30,31,32)(H2,33,39,40);1H3/p+1. The molecule has 0 saturated heterocycles. The van der Waals surface area contributed by atoms with Crippen LogP contribution in [0.25, 0.3) is 11.1 Å². The summed E-state index contributed by atoms with van der Waals surface area (Å²) in [6, 6.07) is 8.59. The fourth-order valence-electron chi connectivity index (χ4n) is 5.88. The number of benzene rings is 1. The number of rotatable bonds is 8. The first-order chi connectivity index (χ1) is 20.5. The van der Waals surface area contributed by atoms with Gasteiger partial charge in [-0.1, -0.05) is 26.0 Å². The number of nitrogens with zero attached hydrogens (tertiary/aromatic N) is 4. The average molecular weight is 641 g/mol. The van der Waals surface area contributed by atoms with Gasteiger partial charge in [-0.15, -0.1) is 11.3 Å². The van der Waals surface area contributed by atoms with Crippen molar-refractivity contribution in [2.75, 3.05) is 16.8 Å². The Morgan fingerprint density at radius 2 is 2.02 bits per heavy atom. The summed E-state index contributed by atoms with van der Waals surface area (Å²) in [7, 11) is -3.06. The normalized spacial score (nSPS) is 16.6. The Kier molecular flexibility index (Phi) is 8.62. The van der Waals surface area contributed by atoms with Crippen molar-refractivity contribution in [3.63, 3.8) is 0 Å². The van der Waals surface area contributed by atoms with Crippen LogP contribution in [-0.4, -0.2) is 32.2 Å². The Balaban J connectivity index is 0.00000384. The summed E-state index contributed by atoms with van der Waals surface area (Å²) < 4.78 is 18.8. The molecular weight excluding hydrogens is 605 g/mol. The molecule has 2 aliphatic rings. The molecule has 1 aliphatic heterocycles. The molecule has 0 fully saturated rings. The summed E-state index contributed by atoms with van der Waals surface area (Å²) >= 11 is 1.56. The van der Waals surface area contributed by atoms with Gasteiger partial charge in [0.2, 0.25) is 0 Å². The number of aryl methyl sites for hydroxylation is 1. The minimum atomic E-state index is -4.67. The molecule has 0 saturated carbocycles. The van der Waals surface area contributed by atoms with Gasteiger partial charge < -0.3 is 25.8 Å². The van der Waals surface area contributed by atoms with Crippen LogP contribution in [0, 0.1) is 5.41 Å². The highest BCUT2D eigenvalue weighted by Crippen LogP contribution is 2.46. The third-order valence-corrected chi connectivity index (χ3v) is 9.86. The molecular formula is C29H35N7O6PS+. The van der Waals surface area contributed by atoms with E-state index in [0.717, 1.165) is 23.3 Å². The van der Waals surface area contributed by atoms with Crippen LogP contribution in [0.3, 0.4) is 0 Å². The molecule has 0 spiro atoms. The molecule has 0 radical (unpaired) electrons. The van der Waals surface area contributed by atoms with Crippen molar-refractivity contribution >= 4 is 42.2 Å². The van der Waals surface area contributed by atoms with Gasteiger partial charge in [-0.05, 0) is 59.6 Å². The number of quaternary nitrogens is 2. The monoisotopic (exact) mass is 640 g/mol. The number of nitrogens with two attached hydrogens (primary N) is 1. The van der Waals surface area contributed by atoms with Crippen LogP contribution >= 0.6 is 19.1 Å². The van der Waals surface area contributed by atoms with E-state index in [-0.39, 0.29) is 34.0 Å². The van der Waals surface area contributed by atoms with Gasteiger partial charge in [0.1, 0.15) is 17.8 Å². The zero-order valence-corrected chi connectivity index (χ0v) is 26.6. The zero-order valence-electron chi connectivity index (χ0n) is 24.9. The van der Waals surface area contributed by atoms with Crippen LogP contribution in [0.15, 0.2) is 53.8 Å². The predicted molar refractivity (Wildman–Crippen MR) is 165 cm³/mol. The molecule has 1 aliphatic carbocycles. The predicted octanol–water partition coefficient (Wildman–Crippen LogP) is 3.29. The van der Waals surface area contributed by atoms with Crippen molar-refractivity contribution in [3.05, 3.63) is 85.9 Å². The highest BCUT2D eigenvalue weighted by Gasteiger charge is 2.38. The number of nitrogens with one attached hydrogen (secondary N) is 1. The molecule has 1 unspecified atom stereocenters. The van der Waals surface area contributed by atoms with Crippen LogP contribution in [-0.2, 0) is 42.0 Å². The van der Waals surface area contributed by atoms with Crippen molar-refractivity contribution in [1.29, 1.82) is 0 Å². The summed E-state index contributed by atoms with van der Waals surface area (Å²) in [6.45, 7) is 4.47. The lowest BCUT2D eigenvalue weighted by Crippen LogP contribution is -2.77. The molecule has 4 heterocycles. The minimum absolute atomic E-state index is 0. The Bertz CT molecular complexity index is 1840. The number of aromatic nitrogens is 3. The number of hydrogen-bond donors (Lipinski definition) is 4. The van der Waals surface area contributed by atoms with Gasteiger partial charge in [0.25, 0.3) is 11.5 Å². The molecule has 15 heteroatoms. The fraction of sp³-hybridized carbons (Fsp3) is 0.310. The third kappa shape index (κ3) is 5.97. The molecule has 44 heavy (non-hydrogen) atoms. The molecule has 1 aromatic carbocycles. The Labute approximate surface area is 257 Å². The second kappa shape index (κ2) is 12.0. The van der Waals surface area contributed by atoms with E-state index in [1.165, 1.54) is 21.3 Å². The van der Waals surface area contributed by atoms with Gasteiger partial charge in [0.05, 0.1) is 17.2 Å². The Morgan fingerprint density at radius 1 is 1.23 bits per heavy atom. The van der Waals surface area contributed by atoms with Gasteiger partial charge in [0, 0.05) is 42.0 Å². The fourth-order valence-corrected chi connectivity index (χ4v) is 7.83. The van der Waals surface area contributed by atoms with Crippen LogP contribution in [0.2, 0.25) is 0 Å². The summed E-state index contributed by atoms with van der Waals surface area (Å²) in [6.07, 6.45) is 7.11. The first-order valence-corrected chi connectivity index (χ1v) is 16.1. The number of thiophene rings is 1. The summed E-state index contributed by atoms with van der Waals surface area (Å²) in [4.78, 5) is 50.8. The lowest BCUT2D eigenvalue weighted by molar-refractivity contribution is -0.798. The lowest BCUT2D eigenvalue weighted by Gasteiger charge is -2.31. The molecule has 0 bridgehead atoms. The van der Waals surface area contributed by atoms with E-state index in [9.17, 15) is 24.3 Å². The van der Waals surface area contributed by atoms with Gasteiger partial charge in [-0.25, -0.2) is 19.7 Å². The van der Waals surface area contributed by atoms with Crippen LogP contribution in [0.1, 0.15) is 45.1 Å². The summed E-state index contributed by atoms with van der Waals surface area (Å²) in [5.74, 6) is 0.288. The highest BCUT2D eigenvalue weighted by atomic mass is 32.1. The molecule has 3 aromatic heterocycles. The first kappa shape index (κ1) is 31.7. The molecule has 1 amide bonds. The SMILES string of the molecule is Cn1cc(-c2cccc(N3CCc4c(sc5c4CC(C)(C)C5)C3=O)c2COP(=O)([O-])[NH2+]O)cc(Nc2ccncn2)c1=O.[NH4+]. The number of anilines is 3. The number of carbonyl (C=O) groups excluding carboxylic acids is 1. The van der Waals surface area contributed by atoms with Gasteiger partial charge in [0.15, 0.2) is 0 Å². The van der Waals surface area contributed by atoms with E-state index in [1.54, 1.807) is 66.0 Å². The molecule has 6 rings (SSSR count). The Hall–Kier alpha value is -3.75. The smallest absolute Gasteiger partial charge is 0.357 e. The highest BCUT2D eigenvalue weighted by molar-refractivity contribution is 7.43. The lowest BCUT2D eigenvalue weighted by atomic mass is 9.89. The second-order valence-electron chi connectivity index (χ2n) is 11.5. The van der Waals surface area contributed by atoms with Crippen molar-refractivity contribution in [2.24, 2.45) is 12.5 Å². The van der Waals surface area contributed by atoms with Crippen LogP contribution in [0.4, 0.5) is 17.2 Å². The van der Waals surface area contributed by atoms with Gasteiger partial charge in [-0.2, -0.15) is 5.25 Å². The number of pyridine rings is 1. The number of fused-ring (bicyclic) bond motifs is 3. The van der Waals surface area contributed by atoms with E-state index in [2.05, 4.69) is 29.1 Å². The minimum Gasteiger partial charge on any atom is -0.728 e. The maximum Gasteiger partial charge on any atom is 0.357 e. The first-order valence-electron chi connectivity index (χ1n) is 13.7. The van der Waals surface area contributed by atoms with Crippen molar-refractivity contribution < 1.29 is 29.2 Å². The molecule has 4 aromatic rings. The summed E-state index contributed by atoms with van der Waals surface area (Å²) in [5.41, 5.74) is 4.61. The van der Waals surface area contributed by atoms with Gasteiger partial charge in [-0.3, -0.25) is 14.1 Å². The molecule has 232 valence electrons. The van der Waals surface area contributed by atoms with E-state index in [0.29, 0.717) is 41.2 Å². The van der Waals surface area contributed by atoms with Crippen LogP contribution in [0.5, 0.6) is 0 Å². The maximum atomic E-state index is 14.0.